The number of nitro groups is 1. The Morgan fingerprint density at radius 3 is 2.61 bits per heavy atom. The third kappa shape index (κ3) is 3.27. The van der Waals surface area contributed by atoms with Gasteiger partial charge >= 0.3 is 11.7 Å². The summed E-state index contributed by atoms with van der Waals surface area (Å²) in [5.41, 5.74) is -0.284. The maximum absolute atomic E-state index is 11.5. The van der Waals surface area contributed by atoms with Crippen LogP contribution in [-0.4, -0.2) is 23.3 Å². The molecule has 1 N–H and O–H groups in total. The average Bonchev–Trinajstić information content (AvgIpc) is 2.28. The standard InChI is InChI=1S/C11H12N2O5/c1-3-12-11(15)8-4-5-10(18-7(2)14)9(6-8)13(16)17/h4-6H,3H2,1-2H3,(H,12,15). The van der Waals surface area contributed by atoms with Crippen LogP contribution in [0.15, 0.2) is 18.2 Å². The number of benzene rings is 1. The van der Waals surface area contributed by atoms with Gasteiger partial charge in [0.2, 0.25) is 5.75 Å². The Morgan fingerprint density at radius 2 is 2.11 bits per heavy atom. The number of hydrogen-bond donors (Lipinski definition) is 1. The van der Waals surface area contributed by atoms with Crippen molar-refractivity contribution in [3.05, 3.63) is 33.9 Å². The lowest BCUT2D eigenvalue weighted by atomic mass is 10.1. The van der Waals surface area contributed by atoms with Crippen molar-refractivity contribution in [1.29, 1.82) is 0 Å². The second-order valence-corrected chi connectivity index (χ2v) is 3.39. The fourth-order valence-corrected chi connectivity index (χ4v) is 1.31. The molecule has 1 aromatic rings. The molecule has 0 unspecified atom stereocenters. The van der Waals surface area contributed by atoms with E-state index < -0.39 is 22.5 Å². The van der Waals surface area contributed by atoms with E-state index in [1.165, 1.54) is 12.1 Å². The number of esters is 1. The first-order valence-electron chi connectivity index (χ1n) is 5.20. The van der Waals surface area contributed by atoms with Gasteiger partial charge in [-0.3, -0.25) is 19.7 Å². The van der Waals surface area contributed by atoms with Crippen molar-refractivity contribution in [2.24, 2.45) is 0 Å². The Morgan fingerprint density at radius 1 is 1.44 bits per heavy atom. The van der Waals surface area contributed by atoms with Gasteiger partial charge < -0.3 is 10.1 Å². The molecule has 0 aliphatic heterocycles. The molecular weight excluding hydrogens is 240 g/mol. The van der Waals surface area contributed by atoms with Crippen LogP contribution in [0.3, 0.4) is 0 Å². The maximum Gasteiger partial charge on any atom is 0.312 e. The molecule has 0 saturated carbocycles. The third-order valence-electron chi connectivity index (χ3n) is 2.01. The zero-order valence-corrected chi connectivity index (χ0v) is 9.93. The molecule has 0 aliphatic carbocycles. The van der Waals surface area contributed by atoms with Crippen molar-refractivity contribution in [3.8, 4) is 5.75 Å². The lowest BCUT2D eigenvalue weighted by Crippen LogP contribution is -2.22. The highest BCUT2D eigenvalue weighted by Gasteiger charge is 2.19. The Hall–Kier alpha value is -2.44. The van der Waals surface area contributed by atoms with Crippen molar-refractivity contribution >= 4 is 17.6 Å². The van der Waals surface area contributed by atoms with E-state index in [1.54, 1.807) is 6.92 Å². The molecule has 7 nitrogen and oxygen atoms in total. The fourth-order valence-electron chi connectivity index (χ4n) is 1.31. The molecule has 0 atom stereocenters. The van der Waals surface area contributed by atoms with Crippen LogP contribution in [0, 0.1) is 10.1 Å². The number of nitro benzene ring substituents is 1. The van der Waals surface area contributed by atoms with Crippen molar-refractivity contribution < 1.29 is 19.2 Å². The molecule has 1 rings (SSSR count). The van der Waals surface area contributed by atoms with Gasteiger partial charge in [0.25, 0.3) is 5.91 Å². The molecular formula is C11H12N2O5. The van der Waals surface area contributed by atoms with Crippen LogP contribution in [0.4, 0.5) is 5.69 Å². The van der Waals surface area contributed by atoms with Gasteiger partial charge in [-0.05, 0) is 19.1 Å². The molecule has 0 aromatic heterocycles. The van der Waals surface area contributed by atoms with E-state index in [2.05, 4.69) is 10.1 Å². The smallest absolute Gasteiger partial charge is 0.312 e. The first kappa shape index (κ1) is 13.6. The van der Waals surface area contributed by atoms with Gasteiger partial charge in [-0.15, -0.1) is 0 Å². The summed E-state index contributed by atoms with van der Waals surface area (Å²) < 4.78 is 4.69. The monoisotopic (exact) mass is 252 g/mol. The van der Waals surface area contributed by atoms with Crippen LogP contribution < -0.4 is 10.1 Å². The highest BCUT2D eigenvalue weighted by Crippen LogP contribution is 2.28. The van der Waals surface area contributed by atoms with E-state index in [1.807, 2.05) is 0 Å². The Bertz CT molecular complexity index is 498. The predicted octanol–water partition coefficient (Wildman–Crippen LogP) is 1.27. The summed E-state index contributed by atoms with van der Waals surface area (Å²) in [6.45, 7) is 3.29. The minimum absolute atomic E-state index is 0.138. The highest BCUT2D eigenvalue weighted by atomic mass is 16.6. The quantitative estimate of drug-likeness (QED) is 0.376. The minimum Gasteiger partial charge on any atom is -0.419 e. The normalized spacial score (nSPS) is 9.67. The summed E-state index contributed by atoms with van der Waals surface area (Å²) >= 11 is 0. The summed E-state index contributed by atoms with van der Waals surface area (Å²) in [6, 6.07) is 3.66. The predicted molar refractivity (Wildman–Crippen MR) is 62.4 cm³/mol. The van der Waals surface area contributed by atoms with Gasteiger partial charge in [-0.1, -0.05) is 0 Å². The second kappa shape index (κ2) is 5.76. The van der Waals surface area contributed by atoms with Crippen molar-refractivity contribution in [2.75, 3.05) is 6.54 Å². The van der Waals surface area contributed by atoms with Gasteiger partial charge in [0.05, 0.1) is 4.92 Å². The Labute approximate surface area is 103 Å². The average molecular weight is 252 g/mol. The third-order valence-corrected chi connectivity index (χ3v) is 2.01. The molecule has 96 valence electrons. The summed E-state index contributed by atoms with van der Waals surface area (Å²) in [5.74, 6) is -1.26. The summed E-state index contributed by atoms with van der Waals surface area (Å²) in [5, 5.41) is 13.3. The van der Waals surface area contributed by atoms with E-state index in [0.717, 1.165) is 13.0 Å². The topological polar surface area (TPSA) is 98.5 Å². The van der Waals surface area contributed by atoms with Gasteiger partial charge in [0.1, 0.15) is 0 Å². The van der Waals surface area contributed by atoms with Crippen molar-refractivity contribution in [2.45, 2.75) is 13.8 Å². The number of carbonyl (C=O) groups excluding carboxylic acids is 2. The van der Waals surface area contributed by atoms with Gasteiger partial charge in [-0.25, -0.2) is 0 Å². The lowest BCUT2D eigenvalue weighted by molar-refractivity contribution is -0.385. The van der Waals surface area contributed by atoms with E-state index in [4.69, 9.17) is 0 Å². The SMILES string of the molecule is CCNC(=O)c1ccc(OC(C)=O)c([N+](=O)[O-])c1. The number of ether oxygens (including phenoxy) is 1. The number of nitrogens with one attached hydrogen (secondary N) is 1. The van der Waals surface area contributed by atoms with Crippen LogP contribution in [0.5, 0.6) is 5.75 Å². The molecule has 0 fully saturated rings. The molecule has 0 saturated heterocycles. The number of nitrogens with zero attached hydrogens (tertiary/aromatic N) is 1. The molecule has 18 heavy (non-hydrogen) atoms. The lowest BCUT2D eigenvalue weighted by Gasteiger charge is -2.05. The fraction of sp³-hybridized carbons (Fsp3) is 0.273. The number of carbonyl (C=O) groups is 2. The van der Waals surface area contributed by atoms with E-state index in [-0.39, 0.29) is 11.3 Å². The van der Waals surface area contributed by atoms with Gasteiger partial charge in [0.15, 0.2) is 0 Å². The molecule has 0 aliphatic rings. The molecule has 0 heterocycles. The molecule has 1 amide bonds. The Balaban J connectivity index is 3.14. The molecule has 1 aromatic carbocycles. The maximum atomic E-state index is 11.5. The summed E-state index contributed by atoms with van der Waals surface area (Å²) in [7, 11) is 0. The van der Waals surface area contributed by atoms with E-state index in [9.17, 15) is 19.7 Å². The minimum atomic E-state index is -0.707. The van der Waals surface area contributed by atoms with E-state index in [0.29, 0.717) is 6.54 Å². The first-order chi connectivity index (χ1) is 8.45. The van der Waals surface area contributed by atoms with Crippen LogP contribution in [-0.2, 0) is 4.79 Å². The number of rotatable bonds is 4. The largest absolute Gasteiger partial charge is 0.419 e. The number of amides is 1. The Kier molecular flexibility index (Phi) is 4.36. The van der Waals surface area contributed by atoms with Gasteiger partial charge in [-0.2, -0.15) is 0 Å². The molecule has 0 spiro atoms. The highest BCUT2D eigenvalue weighted by molar-refractivity contribution is 5.95. The zero-order chi connectivity index (χ0) is 13.7. The van der Waals surface area contributed by atoms with E-state index >= 15 is 0 Å². The molecule has 7 heteroatoms. The number of hydrogen-bond acceptors (Lipinski definition) is 5. The van der Waals surface area contributed by atoms with Crippen LogP contribution in [0.2, 0.25) is 0 Å². The van der Waals surface area contributed by atoms with Crippen molar-refractivity contribution in [3.63, 3.8) is 0 Å². The first-order valence-corrected chi connectivity index (χ1v) is 5.20. The summed E-state index contributed by atoms with van der Waals surface area (Å²) in [4.78, 5) is 32.4. The van der Waals surface area contributed by atoms with Crippen LogP contribution in [0.25, 0.3) is 0 Å². The molecule has 0 radical (unpaired) electrons. The van der Waals surface area contributed by atoms with Crippen LogP contribution in [0.1, 0.15) is 24.2 Å². The molecule has 0 bridgehead atoms. The second-order valence-electron chi connectivity index (χ2n) is 3.39. The van der Waals surface area contributed by atoms with Crippen molar-refractivity contribution in [1.82, 2.24) is 5.32 Å². The summed E-state index contributed by atoms with van der Waals surface area (Å²) in [6.07, 6.45) is 0. The van der Waals surface area contributed by atoms with Gasteiger partial charge in [0, 0.05) is 25.1 Å². The van der Waals surface area contributed by atoms with Crippen LogP contribution >= 0.6 is 0 Å². The zero-order valence-electron chi connectivity index (χ0n) is 9.93.